The molecule has 0 bridgehead atoms. The molecule has 0 amide bonds. The van der Waals surface area contributed by atoms with Crippen LogP contribution in [0.2, 0.25) is 0 Å². The molecule has 0 radical (unpaired) electrons. The molecule has 0 spiro atoms. The lowest BCUT2D eigenvalue weighted by Crippen LogP contribution is -2.31. The van der Waals surface area contributed by atoms with Crippen LogP contribution in [0.1, 0.15) is 26.4 Å². The fourth-order valence-electron chi connectivity index (χ4n) is 2.84. The van der Waals surface area contributed by atoms with Gasteiger partial charge in [-0.2, -0.15) is 0 Å². The molecular formula is C22H24N+. The van der Waals surface area contributed by atoms with E-state index >= 15 is 0 Å². The van der Waals surface area contributed by atoms with E-state index in [1.54, 1.807) is 6.20 Å². The molecule has 3 rings (SSSR count). The highest BCUT2D eigenvalue weighted by Crippen LogP contribution is 2.28. The van der Waals surface area contributed by atoms with Gasteiger partial charge in [-0.1, -0.05) is 42.0 Å². The zero-order valence-electron chi connectivity index (χ0n) is 17.1. The first-order valence-electron chi connectivity index (χ1n) is 9.35. The average Bonchev–Trinajstić information content (AvgIpc) is 2.57. The Bertz CT molecular complexity index is 954. The molecule has 0 aliphatic rings. The predicted molar refractivity (Wildman–Crippen MR) is 97.4 cm³/mol. The number of hydrogen-bond acceptors (Lipinski definition) is 0. The first kappa shape index (κ1) is 12.1. The zero-order chi connectivity index (χ0) is 19.1. The summed E-state index contributed by atoms with van der Waals surface area (Å²) in [6.45, 7) is 3.93. The van der Waals surface area contributed by atoms with E-state index in [0.717, 1.165) is 27.9 Å². The molecule has 0 atom stereocenters. The van der Waals surface area contributed by atoms with Crippen LogP contribution in [-0.2, 0) is 7.05 Å². The molecule has 0 N–H and O–H groups in total. The van der Waals surface area contributed by atoms with Gasteiger partial charge in [-0.3, -0.25) is 0 Å². The monoisotopic (exact) mass is 305 g/mol. The second-order valence-electron chi connectivity index (χ2n) is 6.26. The predicted octanol–water partition coefficient (Wildman–Crippen LogP) is 5.08. The summed E-state index contributed by atoms with van der Waals surface area (Å²) in [5.74, 6) is 0. The highest BCUT2D eigenvalue weighted by atomic mass is 14.9. The zero-order valence-corrected chi connectivity index (χ0v) is 14.1. The molecule has 0 aliphatic carbocycles. The highest BCUT2D eigenvalue weighted by molar-refractivity contribution is 5.73. The Kier molecular flexibility index (Phi) is 3.15. The molecule has 1 heteroatoms. The number of nitrogens with zero attached hydrogens (tertiary/aromatic N) is 1. The fourth-order valence-corrected chi connectivity index (χ4v) is 2.84. The second kappa shape index (κ2) is 6.00. The van der Waals surface area contributed by atoms with Gasteiger partial charge in [-0.05, 0) is 55.9 Å². The molecule has 3 aromatic rings. The minimum Gasteiger partial charge on any atom is -0.201 e. The normalized spacial score (nSPS) is 13.3. The van der Waals surface area contributed by atoms with Crippen molar-refractivity contribution in [2.24, 2.45) is 7.05 Å². The van der Waals surface area contributed by atoms with Crippen molar-refractivity contribution in [3.05, 3.63) is 77.0 Å². The number of benzene rings is 2. The molecule has 0 saturated carbocycles. The van der Waals surface area contributed by atoms with Gasteiger partial charge in [-0.25, -0.2) is 4.57 Å². The third-order valence-corrected chi connectivity index (χ3v) is 4.38. The van der Waals surface area contributed by atoms with Crippen LogP contribution in [0.4, 0.5) is 0 Å². The van der Waals surface area contributed by atoms with Gasteiger partial charge in [0.15, 0.2) is 6.20 Å². The van der Waals surface area contributed by atoms with Gasteiger partial charge >= 0.3 is 0 Å². The summed E-state index contributed by atoms with van der Waals surface area (Å²) in [6, 6.07) is 16.9. The summed E-state index contributed by atoms with van der Waals surface area (Å²) >= 11 is 0. The maximum atomic E-state index is 7.71. The first-order valence-corrected chi connectivity index (χ1v) is 7.85. The Balaban J connectivity index is 2.14. The summed E-state index contributed by atoms with van der Waals surface area (Å²) in [4.78, 5) is 0. The van der Waals surface area contributed by atoms with E-state index in [4.69, 9.17) is 4.11 Å². The summed E-state index contributed by atoms with van der Waals surface area (Å²) < 4.78 is 25.0. The quantitative estimate of drug-likeness (QED) is 0.581. The van der Waals surface area contributed by atoms with E-state index in [0.29, 0.717) is 5.56 Å². The summed E-state index contributed by atoms with van der Waals surface area (Å²) in [7, 11) is 1.90. The van der Waals surface area contributed by atoms with Crippen molar-refractivity contribution in [1.29, 1.82) is 0 Å². The lowest BCUT2D eigenvalue weighted by Gasteiger charge is -2.10. The SMILES string of the molecule is [2H]C([2H])([2H])c1c[n+](C)c(-c2cc(-c3ccc(C)cc3)ccc2C)cc1C. The molecule has 0 aliphatic heterocycles. The molecule has 0 unspecified atom stereocenters. The van der Waals surface area contributed by atoms with Crippen LogP contribution in [0, 0.1) is 27.6 Å². The van der Waals surface area contributed by atoms with Gasteiger partial charge in [0.1, 0.15) is 7.05 Å². The van der Waals surface area contributed by atoms with Crippen LogP contribution in [0.25, 0.3) is 22.4 Å². The van der Waals surface area contributed by atoms with Crippen LogP contribution in [0.15, 0.2) is 54.7 Å². The fraction of sp³-hybridized carbons (Fsp3) is 0.227. The largest absolute Gasteiger partial charge is 0.212 e. The van der Waals surface area contributed by atoms with Crippen molar-refractivity contribution in [3.8, 4) is 22.4 Å². The van der Waals surface area contributed by atoms with Gasteiger partial charge < -0.3 is 0 Å². The molecule has 1 aromatic heterocycles. The Morgan fingerprint density at radius 1 is 0.783 bits per heavy atom. The Morgan fingerprint density at radius 2 is 1.48 bits per heavy atom. The third kappa shape index (κ3) is 3.05. The maximum Gasteiger partial charge on any atom is 0.212 e. The van der Waals surface area contributed by atoms with E-state index in [-0.39, 0.29) is 0 Å². The second-order valence-corrected chi connectivity index (χ2v) is 6.26. The minimum atomic E-state index is -2.10. The Labute approximate surface area is 143 Å². The molecule has 0 fully saturated rings. The minimum absolute atomic E-state index is 0.399. The molecule has 2 aromatic carbocycles. The van der Waals surface area contributed by atoms with Gasteiger partial charge in [0.2, 0.25) is 5.69 Å². The third-order valence-electron chi connectivity index (χ3n) is 4.38. The number of aryl methyl sites for hydroxylation is 5. The maximum absolute atomic E-state index is 7.71. The van der Waals surface area contributed by atoms with Gasteiger partial charge in [-0.15, -0.1) is 0 Å². The molecule has 23 heavy (non-hydrogen) atoms. The smallest absolute Gasteiger partial charge is 0.201 e. The van der Waals surface area contributed by atoms with E-state index in [1.165, 1.54) is 11.1 Å². The van der Waals surface area contributed by atoms with E-state index in [2.05, 4.69) is 56.3 Å². The Morgan fingerprint density at radius 3 is 2.17 bits per heavy atom. The number of rotatable bonds is 2. The summed E-state index contributed by atoms with van der Waals surface area (Å²) in [6.07, 6.45) is 1.73. The van der Waals surface area contributed by atoms with Crippen LogP contribution < -0.4 is 4.57 Å². The van der Waals surface area contributed by atoms with Gasteiger partial charge in [0, 0.05) is 21.3 Å². The van der Waals surface area contributed by atoms with E-state index in [9.17, 15) is 0 Å². The number of aromatic nitrogens is 1. The molecular weight excluding hydrogens is 278 g/mol. The molecule has 0 saturated heterocycles. The van der Waals surface area contributed by atoms with Crippen LogP contribution in [-0.4, -0.2) is 0 Å². The van der Waals surface area contributed by atoms with Crippen molar-refractivity contribution in [1.82, 2.24) is 0 Å². The van der Waals surface area contributed by atoms with Crippen LogP contribution in [0.5, 0.6) is 0 Å². The highest BCUT2D eigenvalue weighted by Gasteiger charge is 2.15. The summed E-state index contributed by atoms with van der Waals surface area (Å²) in [5.41, 5.74) is 8.06. The standard InChI is InChI=1S/C22H24N/c1-15-6-9-19(10-7-15)20-11-8-16(2)21(13-20)22-12-17(3)18(4)14-23(22)5/h6-14H,1-5H3/q+1/i4D3. The van der Waals surface area contributed by atoms with Crippen molar-refractivity contribution in [3.63, 3.8) is 0 Å². The summed E-state index contributed by atoms with van der Waals surface area (Å²) in [5, 5.41) is 0. The van der Waals surface area contributed by atoms with E-state index < -0.39 is 6.85 Å². The lowest BCUT2D eigenvalue weighted by molar-refractivity contribution is -0.660. The van der Waals surface area contributed by atoms with Crippen LogP contribution >= 0.6 is 0 Å². The van der Waals surface area contributed by atoms with Crippen LogP contribution in [0.3, 0.4) is 0 Å². The lowest BCUT2D eigenvalue weighted by atomic mass is 9.96. The topological polar surface area (TPSA) is 3.88 Å². The molecule has 1 nitrogen and oxygen atoms in total. The van der Waals surface area contributed by atoms with Gasteiger partial charge in [0.05, 0.1) is 0 Å². The average molecular weight is 305 g/mol. The van der Waals surface area contributed by atoms with Crippen molar-refractivity contribution < 1.29 is 8.68 Å². The van der Waals surface area contributed by atoms with Crippen molar-refractivity contribution in [2.75, 3.05) is 0 Å². The Hall–Kier alpha value is -2.41. The van der Waals surface area contributed by atoms with E-state index in [1.807, 2.05) is 24.6 Å². The molecule has 116 valence electrons. The number of hydrogen-bond donors (Lipinski definition) is 0. The molecule has 1 heterocycles. The number of pyridine rings is 1. The van der Waals surface area contributed by atoms with Gasteiger partial charge in [0.25, 0.3) is 0 Å². The first-order chi connectivity index (χ1) is 12.2. The van der Waals surface area contributed by atoms with Crippen molar-refractivity contribution in [2.45, 2.75) is 27.6 Å². The van der Waals surface area contributed by atoms with Crippen molar-refractivity contribution >= 4 is 0 Å².